The van der Waals surface area contributed by atoms with Gasteiger partial charge in [0.1, 0.15) is 11.6 Å². The molecule has 0 spiro atoms. The molecule has 1 heterocycles. The monoisotopic (exact) mass is 311 g/mol. The Kier molecular flexibility index (Phi) is 4.70. The van der Waals surface area contributed by atoms with Gasteiger partial charge in [-0.2, -0.15) is 0 Å². The number of nitrogens with one attached hydrogen (secondary N) is 1. The molecule has 1 aromatic heterocycles. The second kappa shape index (κ2) is 6.17. The minimum absolute atomic E-state index is 0.0225. The Morgan fingerprint density at radius 3 is 2.33 bits per heavy atom. The summed E-state index contributed by atoms with van der Waals surface area (Å²) in [4.78, 5) is 4.58. The second-order valence-electron chi connectivity index (χ2n) is 6.00. The number of nitrogens with two attached hydrogens (primary N) is 1. The zero-order chi connectivity index (χ0) is 15.6. The quantitative estimate of drug-likeness (QED) is 0.671. The van der Waals surface area contributed by atoms with Gasteiger partial charge in [-0.05, 0) is 17.7 Å². The highest BCUT2D eigenvalue weighted by Gasteiger charge is 2.20. The van der Waals surface area contributed by atoms with Gasteiger partial charge in [0.2, 0.25) is 0 Å². The Morgan fingerprint density at radius 2 is 1.86 bits per heavy atom. The van der Waals surface area contributed by atoms with E-state index in [0.29, 0.717) is 12.0 Å². The van der Waals surface area contributed by atoms with Crippen molar-refractivity contribution in [1.82, 2.24) is 10.4 Å². The van der Waals surface area contributed by atoms with Crippen molar-refractivity contribution in [3.05, 3.63) is 51.5 Å². The summed E-state index contributed by atoms with van der Waals surface area (Å²) in [5.74, 6) is 4.30. The number of thiazole rings is 1. The van der Waals surface area contributed by atoms with Gasteiger partial charge in [-0.3, -0.25) is 11.3 Å². The van der Waals surface area contributed by atoms with Crippen molar-refractivity contribution < 1.29 is 8.78 Å². The number of hydrogen-bond donors (Lipinski definition) is 2. The summed E-state index contributed by atoms with van der Waals surface area (Å²) in [5, 5.41) is 2.89. The summed E-state index contributed by atoms with van der Waals surface area (Å²) < 4.78 is 26.6. The van der Waals surface area contributed by atoms with Gasteiger partial charge in [-0.25, -0.2) is 13.8 Å². The number of aromatic nitrogens is 1. The first-order chi connectivity index (χ1) is 9.79. The van der Waals surface area contributed by atoms with Gasteiger partial charge in [-0.1, -0.05) is 20.8 Å². The minimum atomic E-state index is -0.611. The maximum Gasteiger partial charge on any atom is 0.126 e. The van der Waals surface area contributed by atoms with Gasteiger partial charge in [0, 0.05) is 23.3 Å². The summed E-state index contributed by atoms with van der Waals surface area (Å²) in [7, 11) is 0. The van der Waals surface area contributed by atoms with Gasteiger partial charge < -0.3 is 0 Å². The summed E-state index contributed by atoms with van der Waals surface area (Å²) in [5.41, 5.74) is 4.06. The molecule has 0 radical (unpaired) electrons. The van der Waals surface area contributed by atoms with Gasteiger partial charge >= 0.3 is 0 Å². The molecule has 1 atom stereocenters. The van der Waals surface area contributed by atoms with Crippen LogP contribution in [0.3, 0.4) is 0 Å². The molecular weight excluding hydrogens is 292 g/mol. The van der Waals surface area contributed by atoms with E-state index in [1.807, 2.05) is 5.38 Å². The van der Waals surface area contributed by atoms with E-state index >= 15 is 0 Å². The molecule has 1 aromatic carbocycles. The van der Waals surface area contributed by atoms with Gasteiger partial charge in [0.15, 0.2) is 0 Å². The minimum Gasteiger partial charge on any atom is -0.271 e. The fourth-order valence-corrected chi connectivity index (χ4v) is 3.04. The second-order valence-corrected chi connectivity index (χ2v) is 6.95. The van der Waals surface area contributed by atoms with E-state index < -0.39 is 11.6 Å². The van der Waals surface area contributed by atoms with Crippen molar-refractivity contribution in [2.45, 2.75) is 38.6 Å². The highest BCUT2D eigenvalue weighted by molar-refractivity contribution is 7.09. The van der Waals surface area contributed by atoms with Crippen molar-refractivity contribution in [2.75, 3.05) is 0 Å². The predicted octanol–water partition coefficient (Wildman–Crippen LogP) is 3.47. The molecule has 0 saturated carbocycles. The van der Waals surface area contributed by atoms with Crippen molar-refractivity contribution in [1.29, 1.82) is 0 Å². The highest BCUT2D eigenvalue weighted by Crippen LogP contribution is 2.27. The standard InChI is InChI=1S/C15H19F2N3S/c1-15(2,3)13-8-21-14(19-13)7-12(20-18)9-4-10(16)6-11(17)5-9/h4-6,8,12,20H,7,18H2,1-3H3. The van der Waals surface area contributed by atoms with E-state index in [9.17, 15) is 8.78 Å². The lowest BCUT2D eigenvalue weighted by atomic mass is 9.93. The molecule has 21 heavy (non-hydrogen) atoms. The maximum atomic E-state index is 13.3. The molecule has 0 saturated heterocycles. The summed E-state index contributed by atoms with van der Waals surface area (Å²) in [6, 6.07) is 3.03. The molecule has 3 nitrogen and oxygen atoms in total. The molecular formula is C15H19F2N3S. The maximum absolute atomic E-state index is 13.3. The van der Waals surface area contributed by atoms with Gasteiger partial charge in [0.05, 0.1) is 16.7 Å². The first kappa shape index (κ1) is 16.0. The molecule has 114 valence electrons. The van der Waals surface area contributed by atoms with E-state index in [0.717, 1.165) is 16.8 Å². The largest absolute Gasteiger partial charge is 0.271 e. The van der Waals surface area contributed by atoms with Crippen molar-refractivity contribution in [3.63, 3.8) is 0 Å². The Labute approximate surface area is 127 Å². The zero-order valence-corrected chi connectivity index (χ0v) is 13.1. The van der Waals surface area contributed by atoms with E-state index in [-0.39, 0.29) is 11.5 Å². The van der Waals surface area contributed by atoms with Crippen molar-refractivity contribution in [3.8, 4) is 0 Å². The number of hydrazine groups is 1. The van der Waals surface area contributed by atoms with Gasteiger partial charge in [0.25, 0.3) is 0 Å². The molecule has 0 aliphatic heterocycles. The average Bonchev–Trinajstić information content (AvgIpc) is 2.83. The molecule has 0 aliphatic carbocycles. The molecule has 3 N–H and O–H groups in total. The molecule has 6 heteroatoms. The van der Waals surface area contributed by atoms with Crippen LogP contribution in [0, 0.1) is 11.6 Å². The van der Waals surface area contributed by atoms with Crippen molar-refractivity contribution >= 4 is 11.3 Å². The van der Waals surface area contributed by atoms with Crippen molar-refractivity contribution in [2.24, 2.45) is 5.84 Å². The van der Waals surface area contributed by atoms with Crippen LogP contribution in [0.25, 0.3) is 0 Å². The fourth-order valence-electron chi connectivity index (χ4n) is 1.97. The normalized spacial score (nSPS) is 13.4. The number of halogens is 2. The van der Waals surface area contributed by atoms with Crippen LogP contribution in [-0.4, -0.2) is 4.98 Å². The summed E-state index contributed by atoms with van der Waals surface area (Å²) in [6.45, 7) is 6.27. The first-order valence-corrected chi connectivity index (χ1v) is 7.54. The van der Waals surface area contributed by atoms with Crippen LogP contribution in [0.1, 0.15) is 43.1 Å². The molecule has 0 fully saturated rings. The predicted molar refractivity (Wildman–Crippen MR) is 80.9 cm³/mol. The third-order valence-electron chi connectivity index (χ3n) is 3.19. The van der Waals surface area contributed by atoms with E-state index in [2.05, 4.69) is 31.2 Å². The fraction of sp³-hybridized carbons (Fsp3) is 0.400. The Hall–Kier alpha value is -1.37. The van der Waals surface area contributed by atoms with Crippen LogP contribution in [-0.2, 0) is 11.8 Å². The van der Waals surface area contributed by atoms with Gasteiger partial charge in [-0.15, -0.1) is 11.3 Å². The highest BCUT2D eigenvalue weighted by atomic mass is 32.1. The SMILES string of the molecule is CC(C)(C)c1csc(CC(NN)c2cc(F)cc(F)c2)n1. The zero-order valence-electron chi connectivity index (χ0n) is 12.3. The van der Waals surface area contributed by atoms with Crippen LogP contribution in [0.5, 0.6) is 0 Å². The topological polar surface area (TPSA) is 50.9 Å². The van der Waals surface area contributed by atoms with Crippen LogP contribution in [0.15, 0.2) is 23.6 Å². The lowest BCUT2D eigenvalue weighted by Gasteiger charge is -2.16. The third-order valence-corrected chi connectivity index (χ3v) is 4.06. The number of nitrogens with zero attached hydrogens (tertiary/aromatic N) is 1. The van der Waals surface area contributed by atoms with E-state index in [4.69, 9.17) is 5.84 Å². The average molecular weight is 311 g/mol. The van der Waals surface area contributed by atoms with Crippen LogP contribution >= 0.6 is 11.3 Å². The van der Waals surface area contributed by atoms with E-state index in [1.165, 1.54) is 23.5 Å². The third kappa shape index (κ3) is 4.06. The Balaban J connectivity index is 2.21. The van der Waals surface area contributed by atoms with Crippen LogP contribution in [0.2, 0.25) is 0 Å². The molecule has 0 aliphatic rings. The summed E-state index contributed by atoms with van der Waals surface area (Å²) >= 11 is 1.53. The lowest BCUT2D eigenvalue weighted by Crippen LogP contribution is -2.29. The first-order valence-electron chi connectivity index (χ1n) is 6.66. The lowest BCUT2D eigenvalue weighted by molar-refractivity contribution is 0.525. The Morgan fingerprint density at radius 1 is 1.24 bits per heavy atom. The number of benzene rings is 1. The molecule has 2 aromatic rings. The number of rotatable bonds is 4. The smallest absolute Gasteiger partial charge is 0.126 e. The van der Waals surface area contributed by atoms with Crippen LogP contribution in [0.4, 0.5) is 8.78 Å². The van der Waals surface area contributed by atoms with Crippen LogP contribution < -0.4 is 11.3 Å². The molecule has 0 bridgehead atoms. The summed E-state index contributed by atoms with van der Waals surface area (Å²) in [6.07, 6.45) is 0.486. The molecule has 0 amide bonds. The number of hydrogen-bond acceptors (Lipinski definition) is 4. The molecule has 1 unspecified atom stereocenters. The molecule has 2 rings (SSSR count). The Bertz CT molecular complexity index is 599. The van der Waals surface area contributed by atoms with E-state index in [1.54, 1.807) is 0 Å².